The smallest absolute Gasteiger partial charge is 0.265 e. The van der Waals surface area contributed by atoms with Gasteiger partial charge in [0.05, 0.1) is 5.76 Å². The highest BCUT2D eigenvalue weighted by molar-refractivity contribution is 6.77. The molecule has 2 unspecified atom stereocenters. The fraction of sp³-hybridized carbons (Fsp3) is 0.700. The minimum absolute atomic E-state index is 0.0512. The molecule has 2 atom stereocenters. The van der Waals surface area contributed by atoms with E-state index in [1.165, 1.54) is 0 Å². The van der Waals surface area contributed by atoms with Crippen LogP contribution in [0.5, 0.6) is 0 Å². The number of carbonyl (C=O) groups is 1. The largest absolute Gasteiger partial charge is 0.546 e. The Hall–Kier alpha value is -1.34. The van der Waals surface area contributed by atoms with Gasteiger partial charge in [0.25, 0.3) is 13.9 Å². The lowest BCUT2D eigenvalue weighted by Crippen LogP contribution is -2.47. The van der Waals surface area contributed by atoms with Gasteiger partial charge in [0, 0.05) is 18.4 Å². The molecular weight excluding hydrogens is 314 g/mol. The van der Waals surface area contributed by atoms with E-state index in [0.717, 1.165) is 24.2 Å². The van der Waals surface area contributed by atoms with Crippen LogP contribution in [-0.2, 0) is 9.22 Å². The van der Waals surface area contributed by atoms with Crippen LogP contribution in [0.3, 0.4) is 0 Å². The highest BCUT2D eigenvalue weighted by Gasteiger charge is 2.68. The van der Waals surface area contributed by atoms with Crippen LogP contribution in [-0.4, -0.2) is 19.6 Å². The number of allylic oxidation sites excluding steroid dienone is 1. The van der Waals surface area contributed by atoms with Crippen molar-refractivity contribution in [2.75, 3.05) is 0 Å². The Balaban J connectivity index is 2.23. The second-order valence-electron chi connectivity index (χ2n) is 8.31. The first kappa shape index (κ1) is 19.0. The van der Waals surface area contributed by atoms with E-state index in [-0.39, 0.29) is 11.7 Å². The first-order chi connectivity index (χ1) is 11.1. The van der Waals surface area contributed by atoms with Crippen molar-refractivity contribution in [1.29, 1.82) is 0 Å². The van der Waals surface area contributed by atoms with Gasteiger partial charge < -0.3 is 9.27 Å². The highest BCUT2D eigenvalue weighted by atomic mass is 28.4. The molecule has 0 amide bonds. The Morgan fingerprint density at radius 3 is 2.17 bits per heavy atom. The van der Waals surface area contributed by atoms with E-state index in [1.807, 2.05) is 0 Å². The predicted molar refractivity (Wildman–Crippen MR) is 101 cm³/mol. The van der Waals surface area contributed by atoms with Crippen LogP contribution >= 0.6 is 0 Å². The molecule has 1 fully saturated rings. The molecule has 132 valence electrons. The molecule has 0 aromatic rings. The van der Waals surface area contributed by atoms with E-state index >= 15 is 0 Å². The molecule has 24 heavy (non-hydrogen) atoms. The third-order valence-corrected chi connectivity index (χ3v) is 12.1. The lowest BCUT2D eigenvalue weighted by Gasteiger charge is -2.42. The summed E-state index contributed by atoms with van der Waals surface area (Å²) in [6, 6.07) is 0. The quantitative estimate of drug-likeness (QED) is 0.338. The lowest BCUT2D eigenvalue weighted by molar-refractivity contribution is -0.114. The molecule has 0 aromatic carbocycles. The molecule has 0 N–H and O–H groups in total. The first-order valence-electron chi connectivity index (χ1n) is 9.12. The number of carbonyl (C=O) groups excluding carboxylic acids is 1. The van der Waals surface area contributed by atoms with Crippen molar-refractivity contribution >= 4 is 14.1 Å². The highest BCUT2D eigenvalue weighted by Crippen LogP contribution is 2.59. The number of rotatable bonds is 7. The van der Waals surface area contributed by atoms with Gasteiger partial charge in [-0.05, 0) is 29.1 Å². The van der Waals surface area contributed by atoms with Crippen LogP contribution in [0.25, 0.3) is 4.85 Å². The van der Waals surface area contributed by atoms with Gasteiger partial charge in [-0.15, -0.1) is 0 Å². The number of ketones is 1. The van der Waals surface area contributed by atoms with Gasteiger partial charge in [-0.1, -0.05) is 48.1 Å². The summed E-state index contributed by atoms with van der Waals surface area (Å²) >= 11 is 0. The number of nitrogens with zero attached hydrogens (tertiary/aromatic N) is 1. The van der Waals surface area contributed by atoms with Crippen LogP contribution in [0.2, 0.25) is 16.6 Å². The predicted octanol–water partition coefficient (Wildman–Crippen LogP) is 5.66. The molecule has 0 aliphatic heterocycles. The average molecular weight is 346 g/mol. The SMILES string of the molecule is [C-]#[N+]C1(C2=CC(=O)CC2)CC1C(=C)O[Si](C(C)C)(C(C)C)C(C)C. The van der Waals surface area contributed by atoms with Crippen molar-refractivity contribution in [3.63, 3.8) is 0 Å². The molecule has 2 aliphatic rings. The number of hydrogen-bond donors (Lipinski definition) is 0. The molecule has 4 heteroatoms. The summed E-state index contributed by atoms with van der Waals surface area (Å²) in [6.07, 6.45) is 3.73. The van der Waals surface area contributed by atoms with E-state index in [4.69, 9.17) is 11.0 Å². The monoisotopic (exact) mass is 345 g/mol. The standard InChI is InChI=1S/C20H31NO2Si/c1-13(2)24(14(3)4,15(5)6)23-16(7)19-12-20(19,21-8)17-9-10-18(22)11-17/h11,13-15,19H,7,9-10,12H2,1-6H3. The third kappa shape index (κ3) is 2.88. The van der Waals surface area contributed by atoms with E-state index in [1.54, 1.807) is 6.08 Å². The normalized spacial score (nSPS) is 26.8. The maximum atomic E-state index is 11.6. The zero-order chi connectivity index (χ0) is 18.3. The minimum Gasteiger partial charge on any atom is -0.546 e. The summed E-state index contributed by atoms with van der Waals surface area (Å²) in [5.41, 5.74) is 1.92. The Morgan fingerprint density at radius 2 is 1.79 bits per heavy atom. The Morgan fingerprint density at radius 1 is 1.25 bits per heavy atom. The van der Waals surface area contributed by atoms with E-state index < -0.39 is 13.9 Å². The molecule has 2 rings (SSSR count). The van der Waals surface area contributed by atoms with Crippen molar-refractivity contribution in [3.05, 3.63) is 35.4 Å². The molecule has 0 spiro atoms. The fourth-order valence-corrected chi connectivity index (χ4v) is 10.1. The van der Waals surface area contributed by atoms with Gasteiger partial charge >= 0.3 is 0 Å². The maximum absolute atomic E-state index is 11.6. The Kier molecular flexibility index (Phi) is 5.16. The van der Waals surface area contributed by atoms with Crippen LogP contribution in [0.15, 0.2) is 24.0 Å². The van der Waals surface area contributed by atoms with Crippen molar-refractivity contribution in [2.24, 2.45) is 5.92 Å². The van der Waals surface area contributed by atoms with Gasteiger partial charge in [0.1, 0.15) is 5.92 Å². The van der Waals surface area contributed by atoms with Crippen LogP contribution in [0.1, 0.15) is 60.8 Å². The third-order valence-electron chi connectivity index (χ3n) is 6.07. The van der Waals surface area contributed by atoms with E-state index in [2.05, 4.69) is 53.0 Å². The summed E-state index contributed by atoms with van der Waals surface area (Å²) in [5, 5.41) is 0. The molecule has 3 nitrogen and oxygen atoms in total. The number of hydrogen-bond acceptors (Lipinski definition) is 2. The van der Waals surface area contributed by atoms with Gasteiger partial charge in [-0.3, -0.25) is 4.79 Å². The first-order valence-corrected chi connectivity index (χ1v) is 11.3. The van der Waals surface area contributed by atoms with Crippen molar-refractivity contribution in [1.82, 2.24) is 0 Å². The second kappa shape index (κ2) is 6.52. The van der Waals surface area contributed by atoms with Crippen molar-refractivity contribution < 1.29 is 9.22 Å². The van der Waals surface area contributed by atoms with E-state index in [0.29, 0.717) is 23.0 Å². The molecule has 0 aromatic heterocycles. The van der Waals surface area contributed by atoms with Gasteiger partial charge in [-0.2, -0.15) is 0 Å². The van der Waals surface area contributed by atoms with Gasteiger partial charge in [-0.25, -0.2) is 6.57 Å². The zero-order valence-electron chi connectivity index (χ0n) is 16.0. The van der Waals surface area contributed by atoms with Gasteiger partial charge in [0.15, 0.2) is 5.78 Å². The van der Waals surface area contributed by atoms with Crippen molar-refractivity contribution in [2.45, 2.75) is 83.0 Å². The molecule has 1 saturated carbocycles. The van der Waals surface area contributed by atoms with Crippen LogP contribution in [0, 0.1) is 12.5 Å². The molecule has 0 bridgehead atoms. The Bertz CT molecular complexity index is 590. The molecule has 0 saturated heterocycles. The second-order valence-corrected chi connectivity index (χ2v) is 13.7. The van der Waals surface area contributed by atoms with Crippen molar-refractivity contribution in [3.8, 4) is 0 Å². The fourth-order valence-electron chi connectivity index (χ4n) is 4.77. The van der Waals surface area contributed by atoms with Crippen LogP contribution in [0.4, 0.5) is 0 Å². The summed E-state index contributed by atoms with van der Waals surface area (Å²) < 4.78 is 6.68. The maximum Gasteiger partial charge on any atom is 0.265 e. The lowest BCUT2D eigenvalue weighted by atomic mass is 10.0. The molecule has 0 radical (unpaired) electrons. The minimum atomic E-state index is -2.03. The molecular formula is C20H31NO2Si. The zero-order valence-corrected chi connectivity index (χ0v) is 17.0. The molecule has 2 aliphatic carbocycles. The van der Waals surface area contributed by atoms with Crippen LogP contribution < -0.4 is 0 Å². The summed E-state index contributed by atoms with van der Waals surface area (Å²) in [6.45, 7) is 25.5. The topological polar surface area (TPSA) is 30.7 Å². The van der Waals surface area contributed by atoms with Gasteiger partial charge in [0.2, 0.25) is 0 Å². The Labute approximate surface area is 148 Å². The summed E-state index contributed by atoms with van der Waals surface area (Å²) in [7, 11) is -2.03. The summed E-state index contributed by atoms with van der Waals surface area (Å²) in [4.78, 5) is 15.5. The average Bonchev–Trinajstić information content (AvgIpc) is 3.10. The molecule has 0 heterocycles. The van der Waals surface area contributed by atoms with E-state index in [9.17, 15) is 4.79 Å². The summed E-state index contributed by atoms with van der Waals surface area (Å²) in [5.74, 6) is 0.991.